The number of primary amides is 1. The summed E-state index contributed by atoms with van der Waals surface area (Å²) in [6.07, 6.45) is 2.61. The summed E-state index contributed by atoms with van der Waals surface area (Å²) in [6, 6.07) is -0.0231. The summed E-state index contributed by atoms with van der Waals surface area (Å²) >= 11 is 0. The van der Waals surface area contributed by atoms with Crippen LogP contribution < -0.4 is 11.5 Å². The number of amides is 1. The van der Waals surface area contributed by atoms with Crippen LogP contribution in [0.4, 0.5) is 0 Å². The third-order valence-corrected chi connectivity index (χ3v) is 2.35. The normalized spacial score (nSPS) is 23.8. The van der Waals surface area contributed by atoms with E-state index in [4.69, 9.17) is 11.5 Å². The average molecular weight is 142 g/mol. The molecular formula is C7H14N2O. The van der Waals surface area contributed by atoms with Gasteiger partial charge in [-0.25, -0.2) is 0 Å². The predicted molar refractivity (Wildman–Crippen MR) is 39.1 cm³/mol. The molecule has 1 atom stereocenters. The van der Waals surface area contributed by atoms with E-state index in [1.54, 1.807) is 0 Å². The zero-order valence-electron chi connectivity index (χ0n) is 6.26. The van der Waals surface area contributed by atoms with Crippen molar-refractivity contribution >= 4 is 5.91 Å². The van der Waals surface area contributed by atoms with Crippen LogP contribution in [0.15, 0.2) is 0 Å². The van der Waals surface area contributed by atoms with E-state index in [0.717, 1.165) is 12.8 Å². The number of carbonyl (C=O) groups excluding carboxylic acids is 1. The number of hydrogen-bond acceptors (Lipinski definition) is 2. The maximum absolute atomic E-state index is 10.4. The van der Waals surface area contributed by atoms with Gasteiger partial charge in [-0.1, -0.05) is 6.92 Å². The first-order valence-corrected chi connectivity index (χ1v) is 3.58. The van der Waals surface area contributed by atoms with E-state index in [1.807, 2.05) is 0 Å². The molecule has 0 radical (unpaired) electrons. The van der Waals surface area contributed by atoms with Crippen LogP contribution in [0.2, 0.25) is 0 Å². The van der Waals surface area contributed by atoms with E-state index in [1.165, 1.54) is 0 Å². The van der Waals surface area contributed by atoms with Crippen molar-refractivity contribution in [3.8, 4) is 0 Å². The Morgan fingerprint density at radius 2 is 2.20 bits per heavy atom. The molecule has 0 aromatic rings. The molecule has 0 aromatic heterocycles. The fourth-order valence-corrected chi connectivity index (χ4v) is 1.03. The van der Waals surface area contributed by atoms with Crippen molar-refractivity contribution in [3.05, 3.63) is 0 Å². The Labute approximate surface area is 60.8 Å². The third kappa shape index (κ3) is 1.48. The van der Waals surface area contributed by atoms with E-state index >= 15 is 0 Å². The lowest BCUT2D eigenvalue weighted by atomic mass is 9.97. The lowest BCUT2D eigenvalue weighted by Gasteiger charge is -2.15. The molecule has 1 aliphatic rings. The molecule has 0 aromatic carbocycles. The molecule has 1 saturated carbocycles. The molecule has 58 valence electrons. The van der Waals surface area contributed by atoms with Gasteiger partial charge in [0.1, 0.15) is 0 Å². The average Bonchev–Trinajstić information content (AvgIpc) is 2.47. The summed E-state index contributed by atoms with van der Waals surface area (Å²) in [6.45, 7) is 2.10. The molecule has 0 bridgehead atoms. The maximum atomic E-state index is 10.4. The quantitative estimate of drug-likeness (QED) is 0.582. The minimum absolute atomic E-state index is 0.0231. The summed E-state index contributed by atoms with van der Waals surface area (Å²) in [5.74, 6) is -0.291. The Bertz CT molecular complexity index is 152. The van der Waals surface area contributed by atoms with E-state index < -0.39 is 0 Å². The summed E-state index contributed by atoms with van der Waals surface area (Å²) in [7, 11) is 0. The zero-order chi connectivity index (χ0) is 7.78. The van der Waals surface area contributed by atoms with Crippen LogP contribution in [0, 0.1) is 5.41 Å². The summed E-state index contributed by atoms with van der Waals surface area (Å²) in [4.78, 5) is 10.4. The Balaban J connectivity index is 2.34. The van der Waals surface area contributed by atoms with Crippen LogP contribution in [0.1, 0.15) is 26.2 Å². The molecule has 3 nitrogen and oxygen atoms in total. The molecular weight excluding hydrogens is 128 g/mol. The predicted octanol–water partition coefficient (Wildman–Crippen LogP) is -0.0108. The standard InChI is InChI=1S/C7H14N2O/c1-7(2-3-7)5(8)4-6(9)10/h5H,2-4,8H2,1H3,(H2,9,10). The molecule has 1 fully saturated rings. The van der Waals surface area contributed by atoms with E-state index in [-0.39, 0.29) is 17.4 Å². The molecule has 0 spiro atoms. The van der Waals surface area contributed by atoms with Crippen LogP contribution >= 0.6 is 0 Å². The van der Waals surface area contributed by atoms with Gasteiger partial charge in [0.25, 0.3) is 0 Å². The minimum atomic E-state index is -0.291. The molecule has 0 aliphatic heterocycles. The number of carbonyl (C=O) groups is 1. The molecule has 1 aliphatic carbocycles. The summed E-state index contributed by atoms with van der Waals surface area (Å²) < 4.78 is 0. The van der Waals surface area contributed by atoms with E-state index in [0.29, 0.717) is 6.42 Å². The fourth-order valence-electron chi connectivity index (χ4n) is 1.03. The van der Waals surface area contributed by atoms with Crippen molar-refractivity contribution in [2.45, 2.75) is 32.2 Å². The largest absolute Gasteiger partial charge is 0.370 e. The van der Waals surface area contributed by atoms with Crippen molar-refractivity contribution in [1.82, 2.24) is 0 Å². The third-order valence-electron chi connectivity index (χ3n) is 2.35. The molecule has 1 amide bonds. The van der Waals surface area contributed by atoms with Crippen molar-refractivity contribution < 1.29 is 4.79 Å². The van der Waals surface area contributed by atoms with Crippen LogP contribution in [0.5, 0.6) is 0 Å². The highest BCUT2D eigenvalue weighted by atomic mass is 16.1. The Morgan fingerprint density at radius 1 is 1.70 bits per heavy atom. The molecule has 4 N–H and O–H groups in total. The monoisotopic (exact) mass is 142 g/mol. The van der Waals surface area contributed by atoms with E-state index in [2.05, 4.69) is 6.92 Å². The van der Waals surface area contributed by atoms with Crippen LogP contribution in [-0.2, 0) is 4.79 Å². The number of hydrogen-bond donors (Lipinski definition) is 2. The second-order valence-corrected chi connectivity index (χ2v) is 3.43. The smallest absolute Gasteiger partial charge is 0.218 e. The Kier molecular flexibility index (Phi) is 1.68. The first-order valence-electron chi connectivity index (χ1n) is 3.58. The maximum Gasteiger partial charge on any atom is 0.218 e. The SMILES string of the molecule is CC1(C(N)CC(N)=O)CC1. The topological polar surface area (TPSA) is 69.1 Å². The second-order valence-electron chi connectivity index (χ2n) is 3.43. The summed E-state index contributed by atoms with van der Waals surface area (Å²) in [5, 5.41) is 0. The lowest BCUT2D eigenvalue weighted by molar-refractivity contribution is -0.118. The van der Waals surface area contributed by atoms with Crippen molar-refractivity contribution in [3.63, 3.8) is 0 Å². The highest BCUT2D eigenvalue weighted by Gasteiger charge is 2.43. The number of nitrogens with two attached hydrogens (primary N) is 2. The van der Waals surface area contributed by atoms with Crippen LogP contribution in [0.25, 0.3) is 0 Å². The van der Waals surface area contributed by atoms with Crippen molar-refractivity contribution in [2.24, 2.45) is 16.9 Å². The zero-order valence-corrected chi connectivity index (χ0v) is 6.26. The molecule has 0 heterocycles. The highest BCUT2D eigenvalue weighted by molar-refractivity contribution is 5.74. The van der Waals surface area contributed by atoms with Crippen molar-refractivity contribution in [2.75, 3.05) is 0 Å². The fraction of sp³-hybridized carbons (Fsp3) is 0.857. The Morgan fingerprint density at radius 3 is 2.50 bits per heavy atom. The summed E-state index contributed by atoms with van der Waals surface area (Å²) in [5.41, 5.74) is 10.9. The second kappa shape index (κ2) is 2.23. The molecule has 1 rings (SSSR count). The number of rotatable bonds is 3. The van der Waals surface area contributed by atoms with Gasteiger partial charge in [-0.3, -0.25) is 4.79 Å². The molecule has 1 unspecified atom stereocenters. The van der Waals surface area contributed by atoms with Gasteiger partial charge in [-0.15, -0.1) is 0 Å². The van der Waals surface area contributed by atoms with Gasteiger partial charge in [0, 0.05) is 12.5 Å². The molecule has 3 heteroatoms. The van der Waals surface area contributed by atoms with Crippen molar-refractivity contribution in [1.29, 1.82) is 0 Å². The van der Waals surface area contributed by atoms with Gasteiger partial charge < -0.3 is 11.5 Å². The van der Waals surface area contributed by atoms with Crippen LogP contribution in [-0.4, -0.2) is 11.9 Å². The molecule has 10 heavy (non-hydrogen) atoms. The van der Waals surface area contributed by atoms with Gasteiger partial charge in [0.2, 0.25) is 5.91 Å². The van der Waals surface area contributed by atoms with E-state index in [9.17, 15) is 4.79 Å². The first kappa shape index (κ1) is 7.54. The highest BCUT2D eigenvalue weighted by Crippen LogP contribution is 2.48. The van der Waals surface area contributed by atoms with Gasteiger partial charge in [0.05, 0.1) is 0 Å². The van der Waals surface area contributed by atoms with Gasteiger partial charge in [0.15, 0.2) is 0 Å². The Hall–Kier alpha value is -0.570. The van der Waals surface area contributed by atoms with Gasteiger partial charge in [-0.2, -0.15) is 0 Å². The van der Waals surface area contributed by atoms with Crippen LogP contribution in [0.3, 0.4) is 0 Å². The lowest BCUT2D eigenvalue weighted by Crippen LogP contribution is -2.34. The van der Waals surface area contributed by atoms with Gasteiger partial charge >= 0.3 is 0 Å². The molecule has 0 saturated heterocycles. The first-order chi connectivity index (χ1) is 4.54. The minimum Gasteiger partial charge on any atom is -0.370 e. The van der Waals surface area contributed by atoms with Gasteiger partial charge in [-0.05, 0) is 18.3 Å².